The van der Waals surface area contributed by atoms with Gasteiger partial charge in [0, 0.05) is 12.1 Å². The van der Waals surface area contributed by atoms with Gasteiger partial charge >= 0.3 is 6.09 Å². The highest BCUT2D eigenvalue weighted by Crippen LogP contribution is 2.43. The van der Waals surface area contributed by atoms with Gasteiger partial charge in [-0.05, 0) is 55.9 Å². The van der Waals surface area contributed by atoms with E-state index in [1.807, 2.05) is 61.5 Å². The quantitative estimate of drug-likeness (QED) is 0.150. The number of rotatable bonds is 14. The maximum Gasteiger partial charge on any atom is 0.407 e. The molecule has 3 heterocycles. The predicted octanol–water partition coefficient (Wildman–Crippen LogP) is 5.38. The summed E-state index contributed by atoms with van der Waals surface area (Å²) in [6.07, 6.45) is 3.73. The molecule has 3 N–H and O–H groups in total. The van der Waals surface area contributed by atoms with Crippen LogP contribution in [-0.2, 0) is 40.0 Å². The normalized spacial score (nSPS) is 12.0. The zero-order valence-electron chi connectivity index (χ0n) is 23.7. The van der Waals surface area contributed by atoms with Crippen molar-refractivity contribution in [3.05, 3.63) is 88.1 Å². The van der Waals surface area contributed by atoms with E-state index in [1.165, 1.54) is 17.0 Å². The van der Waals surface area contributed by atoms with Crippen molar-refractivity contribution in [3.8, 4) is 5.69 Å². The monoisotopic (exact) mass is 586 g/mol. The molecule has 2 aliphatic rings. The Balaban J connectivity index is 1.01. The van der Waals surface area contributed by atoms with Gasteiger partial charge in [0.25, 0.3) is 0 Å². The van der Waals surface area contributed by atoms with Gasteiger partial charge in [-0.15, -0.1) is 10.2 Å². The number of hydrogen-bond acceptors (Lipinski definition) is 7. The number of aryl methyl sites for hydroxylation is 2. The number of aromatic nitrogens is 3. The molecule has 2 aromatic carbocycles. The average Bonchev–Trinajstić information content (AvgIpc) is 3.25. The number of carbonyl (C=O) groups excluding carboxylic acids is 3. The zero-order valence-corrected chi connectivity index (χ0v) is 24.5. The van der Waals surface area contributed by atoms with Crippen molar-refractivity contribution >= 4 is 40.2 Å². The number of hydrogen-bond donors (Lipinski definition) is 3. The van der Waals surface area contributed by atoms with Gasteiger partial charge in [0.1, 0.15) is 10.8 Å². The first-order valence-corrected chi connectivity index (χ1v) is 14.9. The van der Waals surface area contributed by atoms with E-state index in [9.17, 15) is 14.4 Å². The molecule has 0 saturated heterocycles. The minimum atomic E-state index is -0.471. The van der Waals surface area contributed by atoms with Crippen LogP contribution in [0.15, 0.2) is 60.7 Å². The van der Waals surface area contributed by atoms with Gasteiger partial charge in [-0.2, -0.15) is 0 Å². The standard InChI is InChI=1S/C31H34N6O4S/c1-3-41-31(40)32-20(2)23-13-9-12-22(16-23)18-27(39)34-30-36-35-28(42-30)15-8-7-14-24-19-25-29(37(24)25)33-26(38)17-21-10-5-4-6-11-21/h4-6,9-13,16,19-20H,3,7-8,14-15,17-18H2,1-2H3,(H,32,40)(H,33,38)(H,34,36,39). The number of nitrogens with zero attached hydrogens (tertiary/aromatic N) is 3. The fourth-order valence-corrected chi connectivity index (χ4v) is 5.57. The van der Waals surface area contributed by atoms with Gasteiger partial charge in [-0.3, -0.25) is 14.2 Å². The van der Waals surface area contributed by atoms with Crippen LogP contribution in [-0.4, -0.2) is 39.3 Å². The maximum absolute atomic E-state index is 12.6. The van der Waals surface area contributed by atoms with Crippen LogP contribution in [0.1, 0.15) is 60.1 Å². The molecule has 5 rings (SSSR count). The van der Waals surface area contributed by atoms with Crippen molar-refractivity contribution in [2.75, 3.05) is 17.2 Å². The number of anilines is 2. The van der Waals surface area contributed by atoms with Gasteiger partial charge in [0.05, 0.1) is 31.2 Å². The molecule has 3 aromatic rings. The molecule has 0 aliphatic carbocycles. The molecule has 0 bridgehead atoms. The fraction of sp³-hybridized carbons (Fsp3) is 0.323. The Morgan fingerprint density at radius 1 is 0.905 bits per heavy atom. The summed E-state index contributed by atoms with van der Waals surface area (Å²) in [5, 5.41) is 18.3. The lowest BCUT2D eigenvalue weighted by molar-refractivity contribution is -0.116. The second-order valence-corrected chi connectivity index (χ2v) is 11.2. The molecule has 2 aliphatic heterocycles. The Morgan fingerprint density at radius 2 is 1.64 bits per heavy atom. The third-order valence-electron chi connectivity index (χ3n) is 6.93. The minimum absolute atomic E-state index is 0.00327. The Kier molecular flexibility index (Phi) is 9.28. The van der Waals surface area contributed by atoms with Gasteiger partial charge in [0.2, 0.25) is 16.9 Å². The lowest BCUT2D eigenvalue weighted by Gasteiger charge is -2.15. The molecule has 1 unspecified atom stereocenters. The average molecular weight is 587 g/mol. The lowest BCUT2D eigenvalue weighted by atomic mass is 10.0. The minimum Gasteiger partial charge on any atom is -0.450 e. The van der Waals surface area contributed by atoms with Crippen LogP contribution >= 0.6 is 11.3 Å². The van der Waals surface area contributed by atoms with Crippen LogP contribution in [0.3, 0.4) is 0 Å². The first-order chi connectivity index (χ1) is 20.4. The van der Waals surface area contributed by atoms with E-state index in [2.05, 4.69) is 36.8 Å². The van der Waals surface area contributed by atoms with Crippen LogP contribution in [0.4, 0.5) is 15.7 Å². The number of benzene rings is 2. The molecular formula is C31H34N6O4S. The Labute approximate surface area is 248 Å². The Bertz CT molecular complexity index is 1560. The van der Waals surface area contributed by atoms with Crippen molar-refractivity contribution < 1.29 is 19.1 Å². The largest absolute Gasteiger partial charge is 0.450 e. The smallest absolute Gasteiger partial charge is 0.407 e. The summed E-state index contributed by atoms with van der Waals surface area (Å²) in [7, 11) is 0. The molecule has 1 atom stereocenters. The van der Waals surface area contributed by atoms with Crippen molar-refractivity contribution in [2.45, 2.75) is 58.4 Å². The fourth-order valence-electron chi connectivity index (χ4n) is 4.77. The summed E-state index contributed by atoms with van der Waals surface area (Å²) in [6.45, 7) is 3.93. The van der Waals surface area contributed by atoms with E-state index in [4.69, 9.17) is 4.74 Å². The Hall–Kier alpha value is -4.51. The number of nitrogens with one attached hydrogen (secondary N) is 3. The van der Waals surface area contributed by atoms with Crippen LogP contribution in [0.25, 0.3) is 5.69 Å². The van der Waals surface area contributed by atoms with E-state index < -0.39 is 6.09 Å². The van der Waals surface area contributed by atoms with Gasteiger partial charge in [-0.25, -0.2) is 4.79 Å². The highest BCUT2D eigenvalue weighted by molar-refractivity contribution is 7.15. The van der Waals surface area contributed by atoms with E-state index in [0.717, 1.165) is 58.9 Å². The van der Waals surface area contributed by atoms with E-state index in [0.29, 0.717) is 18.2 Å². The van der Waals surface area contributed by atoms with Crippen LogP contribution in [0.5, 0.6) is 0 Å². The summed E-state index contributed by atoms with van der Waals surface area (Å²) >= 11 is 1.39. The van der Waals surface area contributed by atoms with Crippen molar-refractivity contribution in [1.82, 2.24) is 20.1 Å². The molecule has 42 heavy (non-hydrogen) atoms. The molecule has 10 nitrogen and oxygen atoms in total. The highest BCUT2D eigenvalue weighted by atomic mass is 32.1. The number of amides is 3. The van der Waals surface area contributed by atoms with Crippen molar-refractivity contribution in [2.24, 2.45) is 0 Å². The topological polar surface area (TPSA) is 127 Å². The molecule has 0 radical (unpaired) electrons. The van der Waals surface area contributed by atoms with Crippen LogP contribution in [0, 0.1) is 0 Å². The second-order valence-electron chi connectivity index (χ2n) is 10.2. The molecule has 0 saturated carbocycles. The summed E-state index contributed by atoms with van der Waals surface area (Å²) in [5.41, 5.74) is 5.04. The van der Waals surface area contributed by atoms with Gasteiger partial charge in [-0.1, -0.05) is 65.9 Å². The molecular weight excluding hydrogens is 552 g/mol. The molecule has 1 aromatic heterocycles. The molecule has 11 heteroatoms. The number of fused-ring (bicyclic) bond motifs is 1. The summed E-state index contributed by atoms with van der Waals surface area (Å²) in [6, 6.07) is 19.1. The number of carbonyl (C=O) groups is 3. The highest BCUT2D eigenvalue weighted by Gasteiger charge is 2.31. The third kappa shape index (κ3) is 7.61. The molecule has 0 fully saturated rings. The molecule has 3 amide bonds. The maximum atomic E-state index is 12.6. The number of alkyl carbamates (subject to hydrolysis) is 1. The summed E-state index contributed by atoms with van der Waals surface area (Å²) in [5.74, 6) is 0.729. The summed E-state index contributed by atoms with van der Waals surface area (Å²) in [4.78, 5) is 36.6. The van der Waals surface area contributed by atoms with Crippen LogP contribution in [0.2, 0.25) is 0 Å². The van der Waals surface area contributed by atoms with Gasteiger partial charge in [0.15, 0.2) is 0 Å². The van der Waals surface area contributed by atoms with E-state index in [-0.39, 0.29) is 24.3 Å². The SMILES string of the molecule is CCOC(=O)NC(C)c1cccc(CC(=O)Nc2nnc(CCCCc3cc4c(NC(=O)Cc5ccccc5)n3-4)s2)c1. The van der Waals surface area contributed by atoms with Crippen LogP contribution < -0.4 is 16.0 Å². The lowest BCUT2D eigenvalue weighted by Crippen LogP contribution is -2.27. The van der Waals surface area contributed by atoms with Gasteiger partial charge < -0.3 is 20.7 Å². The van der Waals surface area contributed by atoms with Crippen molar-refractivity contribution in [3.63, 3.8) is 0 Å². The van der Waals surface area contributed by atoms with E-state index >= 15 is 0 Å². The number of ether oxygens (including phenoxy) is 1. The van der Waals surface area contributed by atoms with Crippen molar-refractivity contribution in [1.29, 1.82) is 0 Å². The molecule has 218 valence electrons. The zero-order chi connectivity index (χ0) is 29.5. The van der Waals surface area contributed by atoms with E-state index in [1.54, 1.807) is 6.92 Å². The Morgan fingerprint density at radius 3 is 2.45 bits per heavy atom. The third-order valence-corrected chi connectivity index (χ3v) is 7.82. The molecule has 0 spiro atoms. The first-order valence-electron chi connectivity index (χ1n) is 14.1. The predicted molar refractivity (Wildman–Crippen MR) is 162 cm³/mol. The number of unbranched alkanes of at least 4 members (excludes halogenated alkanes) is 1. The summed E-state index contributed by atoms with van der Waals surface area (Å²) < 4.78 is 7.04. The first kappa shape index (κ1) is 29.0. The second kappa shape index (κ2) is 13.4.